The van der Waals surface area contributed by atoms with Crippen LogP contribution < -0.4 is 16.4 Å². The highest BCUT2D eigenvalue weighted by atomic mass is 16.4. The molecule has 0 bridgehead atoms. The van der Waals surface area contributed by atoms with Gasteiger partial charge in [0.05, 0.1) is 6.04 Å². The van der Waals surface area contributed by atoms with Crippen LogP contribution in [0.3, 0.4) is 0 Å². The number of benzene rings is 2. The lowest BCUT2D eigenvalue weighted by Crippen LogP contribution is -2.58. The molecule has 1 fully saturated rings. The van der Waals surface area contributed by atoms with Crippen molar-refractivity contribution in [2.75, 3.05) is 6.54 Å². The summed E-state index contributed by atoms with van der Waals surface area (Å²) >= 11 is 0. The number of carbonyl (C=O) groups is 4. The third kappa shape index (κ3) is 7.09. The zero-order valence-corrected chi connectivity index (χ0v) is 23.9. The zero-order chi connectivity index (χ0) is 30.4. The number of nitrogens with zero attached hydrogens (tertiary/aromatic N) is 1. The van der Waals surface area contributed by atoms with Crippen LogP contribution in [0.15, 0.2) is 54.7 Å². The minimum Gasteiger partial charge on any atom is -0.508 e. The summed E-state index contributed by atoms with van der Waals surface area (Å²) in [5.74, 6) is -2.85. The first-order valence-electron chi connectivity index (χ1n) is 14.3. The summed E-state index contributed by atoms with van der Waals surface area (Å²) in [4.78, 5) is 56.8. The number of hydrogen-bond donors (Lipinski definition) is 6. The second-order valence-electron chi connectivity index (χ2n) is 11.0. The fourth-order valence-electron chi connectivity index (χ4n) is 5.41. The number of phenols is 1. The van der Waals surface area contributed by atoms with Crippen molar-refractivity contribution in [2.24, 2.45) is 11.7 Å². The second kappa shape index (κ2) is 13.5. The van der Waals surface area contributed by atoms with E-state index in [4.69, 9.17) is 5.73 Å². The maximum absolute atomic E-state index is 13.9. The van der Waals surface area contributed by atoms with E-state index in [1.807, 2.05) is 37.4 Å². The fraction of sp³-hybridized carbons (Fsp3) is 0.419. The summed E-state index contributed by atoms with van der Waals surface area (Å²) in [6, 6.07) is 10.1. The lowest BCUT2D eigenvalue weighted by molar-refractivity contribution is -0.146. The molecule has 7 N–H and O–H groups in total. The molecule has 224 valence electrons. The highest BCUT2D eigenvalue weighted by Crippen LogP contribution is 2.22. The third-order valence-electron chi connectivity index (χ3n) is 8.06. The molecule has 2 heterocycles. The summed E-state index contributed by atoms with van der Waals surface area (Å²) in [5, 5.41) is 25.7. The Morgan fingerprint density at radius 1 is 1.07 bits per heavy atom. The number of carbonyl (C=O) groups excluding carboxylic acids is 3. The van der Waals surface area contributed by atoms with Crippen molar-refractivity contribution in [1.82, 2.24) is 20.5 Å². The number of para-hydroxylation sites is 1. The van der Waals surface area contributed by atoms with Crippen LogP contribution in [0.5, 0.6) is 5.75 Å². The summed E-state index contributed by atoms with van der Waals surface area (Å²) < 4.78 is 0. The topological polar surface area (TPSA) is 178 Å². The second-order valence-corrected chi connectivity index (χ2v) is 11.0. The number of nitrogens with one attached hydrogen (secondary N) is 3. The van der Waals surface area contributed by atoms with Crippen molar-refractivity contribution in [2.45, 2.75) is 70.1 Å². The van der Waals surface area contributed by atoms with Crippen molar-refractivity contribution in [3.05, 3.63) is 65.9 Å². The van der Waals surface area contributed by atoms with Gasteiger partial charge >= 0.3 is 5.97 Å². The molecule has 1 aromatic heterocycles. The summed E-state index contributed by atoms with van der Waals surface area (Å²) in [6.07, 6.45) is 3.67. The van der Waals surface area contributed by atoms with Gasteiger partial charge in [-0.3, -0.25) is 14.4 Å². The van der Waals surface area contributed by atoms with Gasteiger partial charge in [-0.1, -0.05) is 50.6 Å². The molecule has 4 rings (SSSR count). The molecular weight excluding hydrogens is 538 g/mol. The number of rotatable bonds is 12. The summed E-state index contributed by atoms with van der Waals surface area (Å²) in [5.41, 5.74) is 8.81. The van der Waals surface area contributed by atoms with E-state index in [0.29, 0.717) is 31.4 Å². The molecule has 11 nitrogen and oxygen atoms in total. The van der Waals surface area contributed by atoms with Gasteiger partial charge in [-0.2, -0.15) is 0 Å². The van der Waals surface area contributed by atoms with Crippen molar-refractivity contribution in [1.29, 1.82) is 0 Å². The highest BCUT2D eigenvalue weighted by molar-refractivity contribution is 5.95. The lowest BCUT2D eigenvalue weighted by atomic mass is 9.98. The van der Waals surface area contributed by atoms with Crippen LogP contribution in [0.4, 0.5) is 0 Å². The van der Waals surface area contributed by atoms with Crippen LogP contribution >= 0.6 is 0 Å². The first-order valence-corrected chi connectivity index (χ1v) is 14.3. The van der Waals surface area contributed by atoms with Crippen LogP contribution in [0.1, 0.15) is 44.2 Å². The van der Waals surface area contributed by atoms with E-state index < -0.39 is 47.9 Å². The first kappa shape index (κ1) is 30.6. The molecule has 0 spiro atoms. The SMILES string of the molecule is CCC(C)C(NC(=O)C1CCCN1C(=O)C(Cc1ccc(O)cc1)NC(=O)C(N)Cc1c[nH]c2ccccc12)C(=O)O. The van der Waals surface area contributed by atoms with Crippen molar-refractivity contribution < 1.29 is 29.4 Å². The van der Waals surface area contributed by atoms with Crippen LogP contribution in [-0.2, 0) is 32.0 Å². The maximum atomic E-state index is 13.9. The van der Waals surface area contributed by atoms with Gasteiger partial charge in [0.1, 0.15) is 23.9 Å². The number of carboxylic acid groups (broad SMARTS) is 1. The molecule has 0 radical (unpaired) electrons. The van der Waals surface area contributed by atoms with Gasteiger partial charge in [-0.05, 0) is 54.5 Å². The number of phenolic OH excluding ortho intramolecular Hbond substituents is 1. The number of aromatic nitrogens is 1. The summed E-state index contributed by atoms with van der Waals surface area (Å²) in [6.45, 7) is 3.89. The fourth-order valence-corrected chi connectivity index (χ4v) is 5.41. The molecule has 1 aliphatic heterocycles. The Morgan fingerprint density at radius 2 is 1.79 bits per heavy atom. The number of fused-ring (bicyclic) bond motifs is 1. The number of amides is 3. The Hall–Kier alpha value is -4.38. The van der Waals surface area contributed by atoms with Crippen LogP contribution in [0.25, 0.3) is 10.9 Å². The Bertz CT molecular complexity index is 1420. The molecule has 3 amide bonds. The minimum atomic E-state index is -1.13. The first-order chi connectivity index (χ1) is 20.1. The minimum absolute atomic E-state index is 0.0667. The lowest BCUT2D eigenvalue weighted by Gasteiger charge is -2.30. The average molecular weight is 578 g/mol. The van der Waals surface area contributed by atoms with E-state index in [1.165, 1.54) is 17.0 Å². The van der Waals surface area contributed by atoms with Gasteiger partial charge < -0.3 is 36.5 Å². The Balaban J connectivity index is 1.52. The van der Waals surface area contributed by atoms with E-state index in [-0.39, 0.29) is 24.5 Å². The van der Waals surface area contributed by atoms with Crippen molar-refractivity contribution in [3.8, 4) is 5.75 Å². The van der Waals surface area contributed by atoms with Gasteiger partial charge in [0, 0.05) is 30.1 Å². The van der Waals surface area contributed by atoms with Crippen LogP contribution in [0.2, 0.25) is 0 Å². The molecule has 5 atom stereocenters. The van der Waals surface area contributed by atoms with Gasteiger partial charge in [0.25, 0.3) is 0 Å². The number of nitrogens with two attached hydrogens (primary N) is 1. The van der Waals surface area contributed by atoms with Gasteiger partial charge in [0.15, 0.2) is 0 Å². The molecule has 42 heavy (non-hydrogen) atoms. The largest absolute Gasteiger partial charge is 0.508 e. The number of likely N-dealkylation sites (tertiary alicyclic amines) is 1. The molecule has 1 saturated heterocycles. The van der Waals surface area contributed by atoms with Crippen molar-refractivity contribution >= 4 is 34.6 Å². The third-order valence-corrected chi connectivity index (χ3v) is 8.06. The number of aliphatic carboxylic acids is 1. The van der Waals surface area contributed by atoms with E-state index in [0.717, 1.165) is 16.5 Å². The van der Waals surface area contributed by atoms with E-state index in [1.54, 1.807) is 19.1 Å². The molecule has 11 heteroatoms. The quantitative estimate of drug-likeness (QED) is 0.191. The van der Waals surface area contributed by atoms with Gasteiger partial charge in [-0.15, -0.1) is 0 Å². The highest BCUT2D eigenvalue weighted by Gasteiger charge is 2.39. The zero-order valence-electron chi connectivity index (χ0n) is 23.9. The molecule has 3 aromatic rings. The van der Waals surface area contributed by atoms with Gasteiger partial charge in [0.2, 0.25) is 17.7 Å². The number of aromatic hydroxyl groups is 1. The molecule has 0 aliphatic carbocycles. The predicted octanol–water partition coefficient (Wildman–Crippen LogP) is 2.08. The number of H-pyrrole nitrogens is 1. The van der Waals surface area contributed by atoms with E-state index >= 15 is 0 Å². The molecule has 0 saturated carbocycles. The number of aromatic amines is 1. The molecule has 1 aliphatic rings. The Labute approximate surface area is 244 Å². The summed E-state index contributed by atoms with van der Waals surface area (Å²) in [7, 11) is 0. The molecule has 5 unspecified atom stereocenters. The van der Waals surface area contributed by atoms with Crippen LogP contribution in [0, 0.1) is 5.92 Å². The number of hydrogen-bond acceptors (Lipinski definition) is 6. The smallest absolute Gasteiger partial charge is 0.326 e. The monoisotopic (exact) mass is 577 g/mol. The molecular formula is C31H39N5O6. The normalized spacial score (nSPS) is 17.8. The predicted molar refractivity (Wildman–Crippen MR) is 157 cm³/mol. The maximum Gasteiger partial charge on any atom is 0.326 e. The van der Waals surface area contributed by atoms with Crippen LogP contribution in [-0.4, -0.2) is 74.5 Å². The average Bonchev–Trinajstić information content (AvgIpc) is 3.63. The van der Waals surface area contributed by atoms with Gasteiger partial charge in [-0.25, -0.2) is 4.79 Å². The van der Waals surface area contributed by atoms with E-state index in [2.05, 4.69) is 15.6 Å². The Kier molecular flexibility index (Phi) is 9.84. The number of carboxylic acids is 1. The van der Waals surface area contributed by atoms with Crippen molar-refractivity contribution in [3.63, 3.8) is 0 Å². The molecule has 2 aromatic carbocycles. The standard InChI is InChI=1S/C31H39N5O6/c1-3-18(2)27(31(41)42)35-29(39)26-9-6-14-36(26)30(40)25(15-19-10-12-21(37)13-11-19)34-28(38)23(32)16-20-17-33-24-8-5-4-7-22(20)24/h4-5,7-8,10-13,17-18,23,25-27,33,37H,3,6,9,14-16,32H2,1-2H3,(H,34,38)(H,35,39)(H,41,42). The Morgan fingerprint density at radius 3 is 2.48 bits per heavy atom. The van der Waals surface area contributed by atoms with E-state index in [9.17, 15) is 29.4 Å².